The molecule has 2 fully saturated rings. The van der Waals surface area contributed by atoms with Crippen molar-refractivity contribution >= 4 is 0 Å². The molecule has 0 bridgehead atoms. The highest BCUT2D eigenvalue weighted by Crippen LogP contribution is 2.27. The van der Waals surface area contributed by atoms with E-state index in [1.165, 1.54) is 51.5 Å². The summed E-state index contributed by atoms with van der Waals surface area (Å²) >= 11 is 0. The molecule has 0 aromatic carbocycles. The normalized spacial score (nSPS) is 30.8. The predicted octanol–water partition coefficient (Wildman–Crippen LogP) is 2.69. The van der Waals surface area contributed by atoms with E-state index in [1.807, 2.05) is 0 Å². The lowest BCUT2D eigenvalue weighted by Gasteiger charge is -2.26. The van der Waals surface area contributed by atoms with Gasteiger partial charge in [-0.1, -0.05) is 12.8 Å². The second kappa shape index (κ2) is 6.02. The zero-order valence-corrected chi connectivity index (χ0v) is 11.0. The van der Waals surface area contributed by atoms with E-state index in [1.54, 1.807) is 0 Å². The van der Waals surface area contributed by atoms with Gasteiger partial charge in [0.05, 0.1) is 0 Å². The summed E-state index contributed by atoms with van der Waals surface area (Å²) in [6, 6.07) is 2.17. The zero-order valence-electron chi connectivity index (χ0n) is 11.0. The molecule has 1 saturated heterocycles. The van der Waals surface area contributed by atoms with Gasteiger partial charge in [-0.2, -0.15) is 0 Å². The van der Waals surface area contributed by atoms with E-state index in [2.05, 4.69) is 24.5 Å². The number of rotatable bonds is 5. The number of nitrogens with one attached hydrogen (secondary N) is 2. The van der Waals surface area contributed by atoms with Crippen LogP contribution in [0.1, 0.15) is 58.8 Å². The standard InChI is InChI=1S/C14H28N2/c1-11(10-14-8-5-9-15-14)16-12(2)13-6-3-4-7-13/h11-16H,3-10H2,1-2H3. The third-order valence-electron chi connectivity index (χ3n) is 4.45. The Hall–Kier alpha value is -0.0800. The highest BCUT2D eigenvalue weighted by Gasteiger charge is 2.23. The minimum atomic E-state index is 0.672. The summed E-state index contributed by atoms with van der Waals surface area (Å²) in [5, 5.41) is 7.40. The minimum absolute atomic E-state index is 0.672. The van der Waals surface area contributed by atoms with E-state index < -0.39 is 0 Å². The van der Waals surface area contributed by atoms with Crippen LogP contribution in [0.2, 0.25) is 0 Å². The molecule has 0 spiro atoms. The summed E-state index contributed by atoms with van der Waals surface area (Å²) in [6.07, 6.45) is 9.85. The molecule has 0 radical (unpaired) electrons. The molecule has 3 atom stereocenters. The summed E-state index contributed by atoms with van der Waals surface area (Å²) in [7, 11) is 0. The lowest BCUT2D eigenvalue weighted by atomic mass is 9.98. The summed E-state index contributed by atoms with van der Waals surface area (Å²) in [5.41, 5.74) is 0. The van der Waals surface area contributed by atoms with E-state index in [0.717, 1.165) is 18.0 Å². The summed E-state index contributed by atoms with van der Waals surface area (Å²) in [5.74, 6) is 0.944. The first-order valence-corrected chi connectivity index (χ1v) is 7.25. The molecule has 94 valence electrons. The van der Waals surface area contributed by atoms with Gasteiger partial charge >= 0.3 is 0 Å². The molecule has 1 aliphatic carbocycles. The van der Waals surface area contributed by atoms with Gasteiger partial charge < -0.3 is 10.6 Å². The lowest BCUT2D eigenvalue weighted by Crippen LogP contribution is -2.41. The molecule has 3 unspecified atom stereocenters. The van der Waals surface area contributed by atoms with Gasteiger partial charge in [0.15, 0.2) is 0 Å². The van der Waals surface area contributed by atoms with Gasteiger partial charge in [-0.05, 0) is 58.4 Å². The van der Waals surface area contributed by atoms with Crippen molar-refractivity contribution in [3.63, 3.8) is 0 Å². The van der Waals surface area contributed by atoms with Crippen molar-refractivity contribution in [2.45, 2.75) is 76.9 Å². The summed E-state index contributed by atoms with van der Waals surface area (Å²) in [4.78, 5) is 0. The quantitative estimate of drug-likeness (QED) is 0.750. The van der Waals surface area contributed by atoms with Crippen LogP contribution in [0.15, 0.2) is 0 Å². The molecule has 0 aromatic heterocycles. The van der Waals surface area contributed by atoms with Gasteiger partial charge in [0.25, 0.3) is 0 Å². The SMILES string of the molecule is CC(CC1CCCN1)NC(C)C1CCCC1. The van der Waals surface area contributed by atoms with Crippen molar-refractivity contribution < 1.29 is 0 Å². The molecule has 2 nitrogen and oxygen atoms in total. The van der Waals surface area contributed by atoms with E-state index in [9.17, 15) is 0 Å². The fourth-order valence-corrected chi connectivity index (χ4v) is 3.49. The molecule has 0 aromatic rings. The first kappa shape index (κ1) is 12.4. The fraction of sp³-hybridized carbons (Fsp3) is 1.00. The largest absolute Gasteiger partial charge is 0.314 e. The smallest absolute Gasteiger partial charge is 0.00822 e. The molecule has 1 heterocycles. The zero-order chi connectivity index (χ0) is 11.4. The Morgan fingerprint density at radius 3 is 2.50 bits per heavy atom. The van der Waals surface area contributed by atoms with Gasteiger partial charge in [0.1, 0.15) is 0 Å². The van der Waals surface area contributed by atoms with Crippen LogP contribution in [0, 0.1) is 5.92 Å². The summed E-state index contributed by atoms with van der Waals surface area (Å²) in [6.45, 7) is 5.97. The Kier molecular flexibility index (Phi) is 4.66. The van der Waals surface area contributed by atoms with Gasteiger partial charge in [-0.3, -0.25) is 0 Å². The maximum atomic E-state index is 3.81. The fourth-order valence-electron chi connectivity index (χ4n) is 3.49. The van der Waals surface area contributed by atoms with E-state index in [0.29, 0.717) is 6.04 Å². The second-order valence-corrected chi connectivity index (χ2v) is 5.93. The van der Waals surface area contributed by atoms with Crippen molar-refractivity contribution in [1.82, 2.24) is 10.6 Å². The first-order chi connectivity index (χ1) is 7.75. The van der Waals surface area contributed by atoms with E-state index >= 15 is 0 Å². The van der Waals surface area contributed by atoms with Crippen molar-refractivity contribution in [1.29, 1.82) is 0 Å². The molecule has 1 saturated carbocycles. The van der Waals surface area contributed by atoms with Crippen LogP contribution in [-0.2, 0) is 0 Å². The highest BCUT2D eigenvalue weighted by atomic mass is 15.0. The van der Waals surface area contributed by atoms with Gasteiger partial charge in [0, 0.05) is 18.1 Å². The second-order valence-electron chi connectivity index (χ2n) is 5.93. The van der Waals surface area contributed by atoms with E-state index in [-0.39, 0.29) is 0 Å². The maximum Gasteiger partial charge on any atom is 0.00822 e. The molecule has 0 amide bonds. The monoisotopic (exact) mass is 224 g/mol. The van der Waals surface area contributed by atoms with Crippen LogP contribution >= 0.6 is 0 Å². The topological polar surface area (TPSA) is 24.1 Å². The first-order valence-electron chi connectivity index (χ1n) is 7.25. The van der Waals surface area contributed by atoms with Crippen LogP contribution < -0.4 is 10.6 Å². The molecule has 2 aliphatic rings. The van der Waals surface area contributed by atoms with Gasteiger partial charge in [0.2, 0.25) is 0 Å². The minimum Gasteiger partial charge on any atom is -0.314 e. The molecule has 2 rings (SSSR count). The Morgan fingerprint density at radius 2 is 1.88 bits per heavy atom. The maximum absolute atomic E-state index is 3.81. The highest BCUT2D eigenvalue weighted by molar-refractivity contribution is 4.83. The Balaban J connectivity index is 1.66. The predicted molar refractivity (Wildman–Crippen MR) is 69.7 cm³/mol. The van der Waals surface area contributed by atoms with Gasteiger partial charge in [-0.25, -0.2) is 0 Å². The third-order valence-corrected chi connectivity index (χ3v) is 4.45. The molecule has 2 heteroatoms. The van der Waals surface area contributed by atoms with Crippen LogP contribution in [0.3, 0.4) is 0 Å². The third kappa shape index (κ3) is 3.46. The van der Waals surface area contributed by atoms with Crippen LogP contribution in [-0.4, -0.2) is 24.7 Å². The molecular formula is C14H28N2. The van der Waals surface area contributed by atoms with Crippen molar-refractivity contribution in [3.05, 3.63) is 0 Å². The number of hydrogen-bond acceptors (Lipinski definition) is 2. The Labute approximate surface area is 101 Å². The molecule has 2 N–H and O–H groups in total. The average Bonchev–Trinajstić information content (AvgIpc) is 2.88. The number of hydrogen-bond donors (Lipinski definition) is 2. The van der Waals surface area contributed by atoms with Crippen LogP contribution in [0.5, 0.6) is 0 Å². The summed E-state index contributed by atoms with van der Waals surface area (Å²) < 4.78 is 0. The van der Waals surface area contributed by atoms with Crippen molar-refractivity contribution in [2.75, 3.05) is 6.54 Å². The van der Waals surface area contributed by atoms with Crippen LogP contribution in [0.25, 0.3) is 0 Å². The average molecular weight is 224 g/mol. The van der Waals surface area contributed by atoms with Crippen LogP contribution in [0.4, 0.5) is 0 Å². The molecular weight excluding hydrogens is 196 g/mol. The van der Waals surface area contributed by atoms with Crippen molar-refractivity contribution in [3.8, 4) is 0 Å². The molecule has 16 heavy (non-hydrogen) atoms. The molecule has 1 aliphatic heterocycles. The van der Waals surface area contributed by atoms with E-state index in [4.69, 9.17) is 0 Å². The van der Waals surface area contributed by atoms with Crippen molar-refractivity contribution in [2.24, 2.45) is 5.92 Å². The van der Waals surface area contributed by atoms with Gasteiger partial charge in [-0.15, -0.1) is 0 Å². The Bertz CT molecular complexity index is 193. The lowest BCUT2D eigenvalue weighted by molar-refractivity contribution is 0.327. The Morgan fingerprint density at radius 1 is 1.12 bits per heavy atom.